The Kier molecular flexibility index (Phi) is 8.50. The predicted molar refractivity (Wildman–Crippen MR) is 188 cm³/mol. The number of ether oxygens (including phenoxy) is 1. The van der Waals surface area contributed by atoms with E-state index in [1.165, 1.54) is 6.07 Å². The molecule has 0 unspecified atom stereocenters. The molecule has 1 N–H and O–H groups in total. The molecule has 0 saturated heterocycles. The Balaban J connectivity index is 1.32. The number of aromatic nitrogens is 1. The number of nitrogens with zero attached hydrogens (tertiary/aromatic N) is 1. The first kappa shape index (κ1) is 31.3. The summed E-state index contributed by atoms with van der Waals surface area (Å²) in [5.41, 5.74) is 7.00. The van der Waals surface area contributed by atoms with Crippen LogP contribution in [0.3, 0.4) is 0 Å². The normalized spacial score (nSPS) is 13.1. The van der Waals surface area contributed by atoms with Crippen molar-refractivity contribution in [3.63, 3.8) is 0 Å². The molecule has 0 bridgehead atoms. The molecule has 1 fully saturated rings. The van der Waals surface area contributed by atoms with Crippen LogP contribution in [0.25, 0.3) is 16.6 Å². The van der Waals surface area contributed by atoms with Crippen LogP contribution in [0, 0.1) is 12.7 Å². The quantitative estimate of drug-likeness (QED) is 0.121. The lowest BCUT2D eigenvalue weighted by Crippen LogP contribution is -2.44. The molecule has 2 aromatic heterocycles. The number of benzene rings is 4. The van der Waals surface area contributed by atoms with E-state index in [1.807, 2.05) is 73.7 Å². The first-order valence-corrected chi connectivity index (χ1v) is 16.5. The first-order chi connectivity index (χ1) is 23.4. The summed E-state index contributed by atoms with van der Waals surface area (Å²) >= 11 is 0. The van der Waals surface area contributed by atoms with Crippen LogP contribution in [-0.4, -0.2) is 17.0 Å². The number of halogens is 1. The average Bonchev–Trinajstić information content (AvgIpc) is 3.97. The van der Waals surface area contributed by atoms with Crippen molar-refractivity contribution in [3.05, 3.63) is 183 Å². The summed E-state index contributed by atoms with van der Waals surface area (Å²) in [7, 11) is 0. The third-order valence-electron chi connectivity index (χ3n) is 9.45. The number of hydrogen-bond acceptors (Lipinski definition) is 4. The van der Waals surface area contributed by atoms with Crippen molar-refractivity contribution in [2.45, 2.75) is 44.7 Å². The van der Waals surface area contributed by atoms with Crippen molar-refractivity contribution in [1.82, 2.24) is 9.72 Å². The molecule has 0 aliphatic heterocycles. The standard InChI is InChI=1S/C42H37FN2O3/c1-3-48-41(47)37-26-36(29-19-20-29)39-28(2)35(23-24-45(39)40(37)46)30-21-22-38(43)31(25-30)27-44-42(32-13-7-4-8-14-32,33-15-9-5-10-16-33)34-17-11-6-12-18-34/h4-18,21-26,29,44H,3,19-20,27H2,1-2H3. The van der Waals surface area contributed by atoms with Crippen molar-refractivity contribution < 1.29 is 13.9 Å². The SMILES string of the molecule is CCOC(=O)c1cc(C2CC2)c2c(C)c(-c3ccc(F)c(CNC(c4ccccc4)(c4ccccc4)c4ccccc4)c3)ccn2c1=O. The van der Waals surface area contributed by atoms with E-state index >= 15 is 4.39 Å². The van der Waals surface area contributed by atoms with Crippen molar-refractivity contribution in [1.29, 1.82) is 0 Å². The van der Waals surface area contributed by atoms with E-state index in [4.69, 9.17) is 4.74 Å². The van der Waals surface area contributed by atoms with Gasteiger partial charge < -0.3 is 4.74 Å². The maximum atomic E-state index is 15.7. The highest BCUT2D eigenvalue weighted by Crippen LogP contribution is 2.44. The van der Waals surface area contributed by atoms with Gasteiger partial charge >= 0.3 is 5.97 Å². The second-order valence-corrected chi connectivity index (χ2v) is 12.4. The zero-order valence-corrected chi connectivity index (χ0v) is 27.1. The lowest BCUT2D eigenvalue weighted by atomic mass is 9.77. The van der Waals surface area contributed by atoms with Crippen molar-refractivity contribution in [3.8, 4) is 11.1 Å². The van der Waals surface area contributed by atoms with Gasteiger partial charge in [0.1, 0.15) is 11.4 Å². The minimum Gasteiger partial charge on any atom is -0.462 e. The number of aryl methyl sites for hydroxylation is 1. The van der Waals surface area contributed by atoms with Crippen LogP contribution in [0.2, 0.25) is 0 Å². The lowest BCUT2D eigenvalue weighted by Gasteiger charge is -2.37. The third kappa shape index (κ3) is 5.62. The number of nitrogens with one attached hydrogen (secondary N) is 1. The second kappa shape index (κ2) is 13.1. The summed E-state index contributed by atoms with van der Waals surface area (Å²) in [4.78, 5) is 26.1. The molecule has 2 heterocycles. The zero-order chi connectivity index (χ0) is 33.3. The number of carbonyl (C=O) groups is 1. The number of rotatable bonds is 10. The van der Waals surface area contributed by atoms with Crippen molar-refractivity contribution in [2.75, 3.05) is 6.61 Å². The van der Waals surface area contributed by atoms with Gasteiger partial charge in [-0.25, -0.2) is 9.18 Å². The maximum Gasteiger partial charge on any atom is 0.343 e. The summed E-state index contributed by atoms with van der Waals surface area (Å²) in [5.74, 6) is -0.631. The fourth-order valence-corrected chi connectivity index (χ4v) is 6.95. The maximum absolute atomic E-state index is 15.7. The molecule has 4 aromatic carbocycles. The molecule has 6 aromatic rings. The van der Waals surface area contributed by atoms with Gasteiger partial charge in [0, 0.05) is 18.3 Å². The molecule has 0 atom stereocenters. The molecule has 5 nitrogen and oxygen atoms in total. The Hall–Kier alpha value is -5.33. The van der Waals surface area contributed by atoms with E-state index in [1.54, 1.807) is 29.7 Å². The first-order valence-electron chi connectivity index (χ1n) is 16.5. The average molecular weight is 637 g/mol. The molecule has 1 aliphatic rings. The molecule has 1 saturated carbocycles. The topological polar surface area (TPSA) is 59.8 Å². The number of esters is 1. The molecule has 48 heavy (non-hydrogen) atoms. The van der Waals surface area contributed by atoms with E-state index < -0.39 is 17.1 Å². The summed E-state index contributed by atoms with van der Waals surface area (Å²) in [5, 5.41) is 3.80. The number of pyridine rings is 2. The van der Waals surface area contributed by atoms with Gasteiger partial charge in [-0.15, -0.1) is 0 Å². The van der Waals surface area contributed by atoms with E-state index in [0.717, 1.165) is 57.3 Å². The fourth-order valence-electron chi connectivity index (χ4n) is 6.95. The van der Waals surface area contributed by atoms with Crippen LogP contribution in [0.1, 0.15) is 69.4 Å². The Morgan fingerprint density at radius 1 is 0.854 bits per heavy atom. The molecule has 1 aliphatic carbocycles. The predicted octanol–water partition coefficient (Wildman–Crippen LogP) is 8.55. The number of hydrogen-bond donors (Lipinski definition) is 1. The highest BCUT2D eigenvalue weighted by atomic mass is 19.1. The zero-order valence-electron chi connectivity index (χ0n) is 27.1. The Morgan fingerprint density at radius 2 is 1.44 bits per heavy atom. The Labute approximate surface area is 279 Å². The smallest absolute Gasteiger partial charge is 0.343 e. The van der Waals surface area contributed by atoms with Crippen LogP contribution in [0.5, 0.6) is 0 Å². The summed E-state index contributed by atoms with van der Waals surface area (Å²) in [6, 6.07) is 39.6. The third-order valence-corrected chi connectivity index (χ3v) is 9.45. The lowest BCUT2D eigenvalue weighted by molar-refractivity contribution is 0.0524. The fraction of sp³-hybridized carbons (Fsp3) is 0.190. The number of fused-ring (bicyclic) bond motifs is 1. The van der Waals surface area contributed by atoms with E-state index in [-0.39, 0.29) is 30.5 Å². The van der Waals surface area contributed by atoms with Gasteiger partial charge in [0.2, 0.25) is 0 Å². The van der Waals surface area contributed by atoms with Gasteiger partial charge in [-0.05, 0) is 95.8 Å². The van der Waals surface area contributed by atoms with Gasteiger partial charge in [0.05, 0.1) is 17.7 Å². The van der Waals surface area contributed by atoms with Crippen LogP contribution < -0.4 is 10.9 Å². The highest BCUT2D eigenvalue weighted by molar-refractivity contribution is 5.91. The summed E-state index contributed by atoms with van der Waals surface area (Å²) in [6.07, 6.45) is 3.72. The minimum absolute atomic E-state index is 0.0530. The molecular weight excluding hydrogens is 599 g/mol. The van der Waals surface area contributed by atoms with Crippen LogP contribution in [0.15, 0.2) is 132 Å². The minimum atomic E-state index is -0.748. The van der Waals surface area contributed by atoms with Crippen LogP contribution >= 0.6 is 0 Å². The van der Waals surface area contributed by atoms with Gasteiger partial charge in [-0.1, -0.05) is 97.1 Å². The molecular formula is C42H37FN2O3. The van der Waals surface area contributed by atoms with Crippen molar-refractivity contribution >= 4 is 11.5 Å². The highest BCUT2D eigenvalue weighted by Gasteiger charge is 2.36. The van der Waals surface area contributed by atoms with Gasteiger partial charge in [0.25, 0.3) is 5.56 Å². The Bertz CT molecular complexity index is 2060. The number of carbonyl (C=O) groups excluding carboxylic acids is 1. The molecule has 7 rings (SSSR count). The Morgan fingerprint density at radius 3 is 1.98 bits per heavy atom. The van der Waals surface area contributed by atoms with Gasteiger partial charge in [0.15, 0.2) is 0 Å². The second-order valence-electron chi connectivity index (χ2n) is 12.4. The largest absolute Gasteiger partial charge is 0.462 e. The summed E-state index contributed by atoms with van der Waals surface area (Å²) in [6.45, 7) is 4.17. The molecule has 0 radical (unpaired) electrons. The molecule has 6 heteroatoms. The monoisotopic (exact) mass is 636 g/mol. The van der Waals surface area contributed by atoms with E-state index in [0.29, 0.717) is 5.56 Å². The van der Waals surface area contributed by atoms with Gasteiger partial charge in [-0.3, -0.25) is 14.5 Å². The summed E-state index contributed by atoms with van der Waals surface area (Å²) < 4.78 is 22.5. The van der Waals surface area contributed by atoms with Crippen LogP contribution in [-0.2, 0) is 16.8 Å². The molecule has 0 amide bonds. The van der Waals surface area contributed by atoms with Crippen LogP contribution in [0.4, 0.5) is 4.39 Å². The molecule has 240 valence electrons. The van der Waals surface area contributed by atoms with Crippen molar-refractivity contribution in [2.24, 2.45) is 0 Å². The molecule has 0 spiro atoms. The van der Waals surface area contributed by atoms with Gasteiger partial charge in [-0.2, -0.15) is 0 Å². The van der Waals surface area contributed by atoms with E-state index in [2.05, 4.69) is 41.7 Å². The van der Waals surface area contributed by atoms with E-state index in [9.17, 15) is 9.59 Å².